The molecule has 2 fully saturated rings. The number of rotatable bonds is 5. The Kier molecular flexibility index (Phi) is 7.56. The maximum Gasteiger partial charge on any atom is 0.430 e. The molecule has 0 aliphatic carbocycles. The minimum absolute atomic E-state index is 0.0696. The van der Waals surface area contributed by atoms with Gasteiger partial charge in [0.2, 0.25) is 0 Å². The third-order valence-electron chi connectivity index (χ3n) is 7.07. The summed E-state index contributed by atoms with van der Waals surface area (Å²) in [5.41, 5.74) is -4.09. The monoisotopic (exact) mass is 560 g/mol. The standard InChI is InChI=1S/C25H25Cl2F3N2O5/c1-35-20-6-4-3-5-18(20)19-14-31-22(34)37-23(19)7-9-32(10-8-23)21(33)24(36-2,25(28,29)30)15-11-16(26)13-17(27)12-15/h3-6,11-13,19H,7-10,14H2,1-2H3,(H,31,34)/t19-,24-/m0/s1. The molecule has 2 atom stereocenters. The topological polar surface area (TPSA) is 77.1 Å². The average molecular weight is 561 g/mol. The van der Waals surface area contributed by atoms with Crippen LogP contribution in [0.1, 0.15) is 29.9 Å². The largest absolute Gasteiger partial charge is 0.496 e. The van der Waals surface area contributed by atoms with Gasteiger partial charge in [0.25, 0.3) is 11.5 Å². The number of para-hydroxylation sites is 1. The van der Waals surface area contributed by atoms with E-state index in [9.17, 15) is 22.8 Å². The number of amides is 2. The molecular formula is C25H25Cl2F3N2O5. The van der Waals surface area contributed by atoms with Crippen molar-refractivity contribution < 1.29 is 37.0 Å². The molecule has 0 saturated carbocycles. The van der Waals surface area contributed by atoms with Crippen molar-refractivity contribution in [3.8, 4) is 5.75 Å². The lowest BCUT2D eigenvalue weighted by Gasteiger charge is -2.49. The number of alkyl carbamates (subject to hydrolysis) is 1. The van der Waals surface area contributed by atoms with Crippen LogP contribution in [-0.4, -0.2) is 62.5 Å². The summed E-state index contributed by atoms with van der Waals surface area (Å²) in [5.74, 6) is -1.05. The van der Waals surface area contributed by atoms with Crippen LogP contribution < -0.4 is 10.1 Å². The quantitative estimate of drug-likeness (QED) is 0.537. The van der Waals surface area contributed by atoms with E-state index in [-0.39, 0.29) is 48.4 Å². The van der Waals surface area contributed by atoms with Gasteiger partial charge in [-0.3, -0.25) is 4.79 Å². The number of likely N-dealkylation sites (tertiary alicyclic amines) is 1. The van der Waals surface area contributed by atoms with Crippen LogP contribution in [0.2, 0.25) is 10.0 Å². The Morgan fingerprint density at radius 2 is 1.73 bits per heavy atom. The second-order valence-corrected chi connectivity index (χ2v) is 9.84. The molecule has 12 heteroatoms. The molecule has 2 aromatic rings. The van der Waals surface area contributed by atoms with Crippen molar-refractivity contribution in [2.24, 2.45) is 0 Å². The molecule has 0 bridgehead atoms. The summed E-state index contributed by atoms with van der Waals surface area (Å²) in [4.78, 5) is 26.9. The van der Waals surface area contributed by atoms with Gasteiger partial charge in [0.15, 0.2) is 0 Å². The highest BCUT2D eigenvalue weighted by atomic mass is 35.5. The number of nitrogens with zero attached hydrogens (tertiary/aromatic N) is 1. The predicted molar refractivity (Wildman–Crippen MR) is 130 cm³/mol. The Morgan fingerprint density at radius 3 is 2.30 bits per heavy atom. The van der Waals surface area contributed by atoms with Gasteiger partial charge >= 0.3 is 12.3 Å². The van der Waals surface area contributed by atoms with Gasteiger partial charge in [0.1, 0.15) is 11.4 Å². The number of benzene rings is 2. The Bertz CT molecular complexity index is 1170. The molecule has 2 amide bonds. The zero-order valence-corrected chi connectivity index (χ0v) is 21.5. The number of carbonyl (C=O) groups excluding carboxylic acids is 2. The van der Waals surface area contributed by atoms with E-state index in [1.807, 2.05) is 18.2 Å². The molecule has 37 heavy (non-hydrogen) atoms. The molecule has 0 aromatic heterocycles. The lowest BCUT2D eigenvalue weighted by atomic mass is 9.74. The van der Waals surface area contributed by atoms with E-state index >= 15 is 0 Å². The van der Waals surface area contributed by atoms with Gasteiger partial charge in [0, 0.05) is 66.7 Å². The third-order valence-corrected chi connectivity index (χ3v) is 7.50. The number of piperidine rings is 1. The van der Waals surface area contributed by atoms with Crippen molar-refractivity contribution in [3.63, 3.8) is 0 Å². The third kappa shape index (κ3) is 4.82. The molecule has 2 aliphatic rings. The predicted octanol–water partition coefficient (Wildman–Crippen LogP) is 5.29. The highest BCUT2D eigenvalue weighted by Crippen LogP contribution is 2.48. The van der Waals surface area contributed by atoms with Gasteiger partial charge in [-0.15, -0.1) is 0 Å². The Balaban J connectivity index is 1.66. The molecule has 200 valence electrons. The number of hydrogen-bond acceptors (Lipinski definition) is 5. The van der Waals surface area contributed by atoms with Gasteiger partial charge in [-0.2, -0.15) is 13.2 Å². The van der Waals surface area contributed by atoms with Gasteiger partial charge in [-0.1, -0.05) is 41.4 Å². The van der Waals surface area contributed by atoms with E-state index < -0.39 is 34.9 Å². The van der Waals surface area contributed by atoms with Crippen LogP contribution in [0.4, 0.5) is 18.0 Å². The Hall–Kier alpha value is -2.69. The molecular weight excluding hydrogens is 536 g/mol. The first-order valence-electron chi connectivity index (χ1n) is 11.4. The smallest absolute Gasteiger partial charge is 0.430 e. The van der Waals surface area contributed by atoms with Crippen molar-refractivity contribution in [3.05, 3.63) is 63.6 Å². The number of methoxy groups -OCH3 is 2. The van der Waals surface area contributed by atoms with Crippen LogP contribution in [0.3, 0.4) is 0 Å². The molecule has 0 radical (unpaired) electrons. The lowest BCUT2D eigenvalue weighted by Crippen LogP contribution is -2.62. The average Bonchev–Trinajstić information content (AvgIpc) is 2.84. The van der Waals surface area contributed by atoms with Crippen LogP contribution in [-0.2, 0) is 19.9 Å². The number of ether oxygens (including phenoxy) is 3. The summed E-state index contributed by atoms with van der Waals surface area (Å²) < 4.78 is 59.8. The van der Waals surface area contributed by atoms with Gasteiger partial charge in [-0.05, 0) is 24.3 Å². The summed E-state index contributed by atoms with van der Waals surface area (Å²) in [6, 6.07) is 10.6. The van der Waals surface area contributed by atoms with Crippen molar-refractivity contribution in [2.45, 2.75) is 36.1 Å². The molecule has 1 spiro atoms. The van der Waals surface area contributed by atoms with Crippen LogP contribution >= 0.6 is 23.2 Å². The van der Waals surface area contributed by atoms with Crippen molar-refractivity contribution in [1.82, 2.24) is 10.2 Å². The zero-order chi connectivity index (χ0) is 27.0. The Morgan fingerprint density at radius 1 is 1.11 bits per heavy atom. The van der Waals surface area contributed by atoms with E-state index in [1.165, 1.54) is 13.2 Å². The second kappa shape index (κ2) is 10.2. The van der Waals surface area contributed by atoms with Crippen molar-refractivity contribution in [2.75, 3.05) is 33.9 Å². The molecule has 2 aliphatic heterocycles. The van der Waals surface area contributed by atoms with Crippen LogP contribution in [0.15, 0.2) is 42.5 Å². The first kappa shape index (κ1) is 27.3. The molecule has 2 heterocycles. The first-order valence-corrected chi connectivity index (χ1v) is 12.2. The van der Waals surface area contributed by atoms with E-state index in [4.69, 9.17) is 37.4 Å². The molecule has 2 saturated heterocycles. The number of hydrogen-bond donors (Lipinski definition) is 1. The highest BCUT2D eigenvalue weighted by Gasteiger charge is 2.64. The molecule has 1 N–H and O–H groups in total. The fourth-order valence-electron chi connectivity index (χ4n) is 5.26. The van der Waals surface area contributed by atoms with Crippen molar-refractivity contribution >= 4 is 35.2 Å². The number of alkyl halides is 3. The molecule has 7 nitrogen and oxygen atoms in total. The summed E-state index contributed by atoms with van der Waals surface area (Å²) in [5, 5.41) is 2.54. The van der Waals surface area contributed by atoms with Gasteiger partial charge < -0.3 is 24.4 Å². The van der Waals surface area contributed by atoms with E-state index in [0.717, 1.165) is 29.7 Å². The summed E-state index contributed by atoms with van der Waals surface area (Å²) >= 11 is 11.9. The summed E-state index contributed by atoms with van der Waals surface area (Å²) in [6.07, 6.45) is -5.52. The normalized spacial score (nSPS) is 21.1. The van der Waals surface area contributed by atoms with Crippen molar-refractivity contribution in [1.29, 1.82) is 0 Å². The van der Waals surface area contributed by atoms with E-state index in [0.29, 0.717) is 5.75 Å². The minimum atomic E-state index is -5.12. The van der Waals surface area contributed by atoms with Gasteiger partial charge in [-0.25, -0.2) is 4.79 Å². The van der Waals surface area contributed by atoms with Crippen LogP contribution in [0.25, 0.3) is 0 Å². The number of carbonyl (C=O) groups is 2. The second-order valence-electron chi connectivity index (χ2n) is 8.96. The first-order chi connectivity index (χ1) is 17.5. The number of halogens is 5. The fraction of sp³-hybridized carbons (Fsp3) is 0.440. The highest BCUT2D eigenvalue weighted by molar-refractivity contribution is 6.34. The van der Waals surface area contributed by atoms with E-state index in [2.05, 4.69) is 5.32 Å². The maximum absolute atomic E-state index is 14.5. The SMILES string of the molecule is COc1ccccc1[C@@H]1CNC(=O)OC12CCN(C(=O)[C@@](OC)(c1cc(Cl)cc(Cl)c1)C(F)(F)F)CC2. The lowest BCUT2D eigenvalue weighted by molar-refractivity contribution is -0.271. The number of nitrogens with one attached hydrogen (secondary N) is 1. The summed E-state index contributed by atoms with van der Waals surface area (Å²) in [7, 11) is 2.34. The van der Waals surface area contributed by atoms with Gasteiger partial charge in [0.05, 0.1) is 7.11 Å². The molecule has 2 aromatic carbocycles. The zero-order valence-electron chi connectivity index (χ0n) is 20.0. The maximum atomic E-state index is 14.5. The van der Waals surface area contributed by atoms with Crippen LogP contribution in [0, 0.1) is 0 Å². The summed E-state index contributed by atoms with van der Waals surface area (Å²) in [6.45, 7) is 0.0409. The Labute approximate surface area is 221 Å². The molecule has 0 unspecified atom stereocenters. The fourth-order valence-corrected chi connectivity index (χ4v) is 5.78. The minimum Gasteiger partial charge on any atom is -0.496 e. The van der Waals surface area contributed by atoms with E-state index in [1.54, 1.807) is 6.07 Å². The van der Waals surface area contributed by atoms with Crippen LogP contribution in [0.5, 0.6) is 5.75 Å². The molecule has 4 rings (SSSR count).